The van der Waals surface area contributed by atoms with Gasteiger partial charge in [-0.05, 0) is 50.4 Å². The number of allylic oxidation sites excluding steroid dienone is 1. The molecule has 0 aromatic rings. The molecule has 1 saturated carbocycles. The average molecular weight is 294 g/mol. The molecule has 0 aromatic heterocycles. The highest BCUT2D eigenvalue weighted by molar-refractivity contribution is 5.82. The van der Waals surface area contributed by atoms with E-state index in [1.165, 1.54) is 44.9 Å². The molecule has 0 bridgehead atoms. The minimum absolute atomic E-state index is 0.149. The molecule has 0 saturated heterocycles. The normalized spacial score (nSPS) is 17.1. The van der Waals surface area contributed by atoms with E-state index in [2.05, 4.69) is 20.8 Å². The minimum Gasteiger partial charge on any atom is -0.462 e. The lowest BCUT2D eigenvalue weighted by atomic mass is 9.94. The zero-order valence-corrected chi connectivity index (χ0v) is 14.5. The monoisotopic (exact) mass is 294 g/mol. The first-order valence-corrected chi connectivity index (χ1v) is 8.81. The topological polar surface area (TPSA) is 26.3 Å². The van der Waals surface area contributed by atoms with Gasteiger partial charge in [0.2, 0.25) is 0 Å². The summed E-state index contributed by atoms with van der Waals surface area (Å²) in [7, 11) is 0. The maximum Gasteiger partial charge on any atom is 0.330 e. The second-order valence-corrected chi connectivity index (χ2v) is 7.39. The van der Waals surface area contributed by atoms with E-state index in [0.717, 1.165) is 23.8 Å². The van der Waals surface area contributed by atoms with Gasteiger partial charge in [-0.2, -0.15) is 0 Å². The van der Waals surface area contributed by atoms with Gasteiger partial charge in [-0.3, -0.25) is 0 Å². The number of ether oxygens (including phenoxy) is 1. The van der Waals surface area contributed by atoms with Gasteiger partial charge >= 0.3 is 5.97 Å². The Bertz CT molecular complexity index is 326. The number of esters is 1. The molecule has 1 aliphatic carbocycles. The summed E-state index contributed by atoms with van der Waals surface area (Å²) in [6, 6.07) is 0. The Kier molecular flexibility index (Phi) is 8.72. The zero-order valence-electron chi connectivity index (χ0n) is 14.5. The highest BCUT2D eigenvalue weighted by Crippen LogP contribution is 2.28. The smallest absolute Gasteiger partial charge is 0.330 e. The standard InChI is InChI=1S/C19H34O2/c1-15(2)7-5-8-16(3)9-6-10-17(4)13-19(20)21-14-18-11-12-18/h13,15-16,18H,5-12,14H2,1-4H3. The molecule has 0 aliphatic heterocycles. The van der Waals surface area contributed by atoms with Gasteiger partial charge in [0.25, 0.3) is 0 Å². The van der Waals surface area contributed by atoms with Crippen LogP contribution in [-0.2, 0) is 9.53 Å². The van der Waals surface area contributed by atoms with Crippen LogP contribution < -0.4 is 0 Å². The summed E-state index contributed by atoms with van der Waals surface area (Å²) in [5.41, 5.74) is 1.16. The van der Waals surface area contributed by atoms with Crippen molar-refractivity contribution in [1.29, 1.82) is 0 Å². The van der Waals surface area contributed by atoms with Crippen LogP contribution in [0.1, 0.15) is 79.1 Å². The van der Waals surface area contributed by atoms with E-state index >= 15 is 0 Å². The SMILES string of the molecule is CC(=CC(=O)OCC1CC1)CCCC(C)CCCC(C)C. The van der Waals surface area contributed by atoms with E-state index in [1.54, 1.807) is 6.08 Å². The molecular formula is C19H34O2. The molecular weight excluding hydrogens is 260 g/mol. The number of hydrogen-bond acceptors (Lipinski definition) is 2. The molecule has 0 spiro atoms. The Morgan fingerprint density at radius 2 is 1.81 bits per heavy atom. The summed E-state index contributed by atoms with van der Waals surface area (Å²) < 4.78 is 5.22. The quantitative estimate of drug-likeness (QED) is 0.370. The Morgan fingerprint density at radius 3 is 2.43 bits per heavy atom. The van der Waals surface area contributed by atoms with Crippen LogP contribution in [-0.4, -0.2) is 12.6 Å². The fraction of sp³-hybridized carbons (Fsp3) is 0.842. The molecule has 1 rings (SSSR count). The van der Waals surface area contributed by atoms with Crippen LogP contribution in [0.4, 0.5) is 0 Å². The average Bonchev–Trinajstić information content (AvgIpc) is 3.19. The molecule has 0 N–H and O–H groups in total. The fourth-order valence-electron chi connectivity index (χ4n) is 2.55. The Hall–Kier alpha value is -0.790. The molecule has 0 amide bonds. The van der Waals surface area contributed by atoms with E-state index in [-0.39, 0.29) is 5.97 Å². The number of hydrogen-bond donors (Lipinski definition) is 0. The van der Waals surface area contributed by atoms with Crippen LogP contribution in [0.2, 0.25) is 0 Å². The molecule has 0 heterocycles. The van der Waals surface area contributed by atoms with Crippen molar-refractivity contribution in [2.45, 2.75) is 79.1 Å². The van der Waals surface area contributed by atoms with Crippen molar-refractivity contribution >= 4 is 5.97 Å². The summed E-state index contributed by atoms with van der Waals surface area (Å²) in [4.78, 5) is 11.6. The predicted molar refractivity (Wildman–Crippen MR) is 89.1 cm³/mol. The van der Waals surface area contributed by atoms with E-state index in [1.807, 2.05) is 6.92 Å². The van der Waals surface area contributed by atoms with Gasteiger partial charge in [-0.15, -0.1) is 0 Å². The number of carbonyl (C=O) groups is 1. The molecule has 0 radical (unpaired) electrons. The fourth-order valence-corrected chi connectivity index (χ4v) is 2.55. The molecule has 1 unspecified atom stereocenters. The van der Waals surface area contributed by atoms with Crippen LogP contribution in [0.5, 0.6) is 0 Å². The number of rotatable bonds is 11. The van der Waals surface area contributed by atoms with Crippen LogP contribution in [0.25, 0.3) is 0 Å². The molecule has 1 atom stereocenters. The maximum absolute atomic E-state index is 11.6. The molecule has 1 fully saturated rings. The first kappa shape index (κ1) is 18.3. The van der Waals surface area contributed by atoms with Crippen LogP contribution in [0, 0.1) is 17.8 Å². The Morgan fingerprint density at radius 1 is 1.14 bits per heavy atom. The van der Waals surface area contributed by atoms with E-state index in [9.17, 15) is 4.79 Å². The van der Waals surface area contributed by atoms with Crippen LogP contribution in [0.3, 0.4) is 0 Å². The van der Waals surface area contributed by atoms with Crippen molar-refractivity contribution in [2.75, 3.05) is 6.61 Å². The van der Waals surface area contributed by atoms with Crippen molar-refractivity contribution in [1.82, 2.24) is 0 Å². The van der Waals surface area contributed by atoms with Gasteiger partial charge in [0.05, 0.1) is 6.61 Å². The highest BCUT2D eigenvalue weighted by Gasteiger charge is 2.22. The van der Waals surface area contributed by atoms with E-state index < -0.39 is 0 Å². The third-order valence-electron chi connectivity index (χ3n) is 4.27. The summed E-state index contributed by atoms with van der Waals surface area (Å²) in [5, 5.41) is 0. The maximum atomic E-state index is 11.6. The van der Waals surface area contributed by atoms with Crippen molar-refractivity contribution in [3.63, 3.8) is 0 Å². The molecule has 122 valence electrons. The minimum atomic E-state index is -0.149. The summed E-state index contributed by atoms with van der Waals surface area (Å²) in [6.45, 7) is 9.60. The van der Waals surface area contributed by atoms with E-state index in [4.69, 9.17) is 4.74 Å². The summed E-state index contributed by atoms with van der Waals surface area (Å²) in [6.07, 6.45) is 11.6. The van der Waals surface area contributed by atoms with Gasteiger partial charge in [0.1, 0.15) is 0 Å². The summed E-state index contributed by atoms with van der Waals surface area (Å²) in [5.74, 6) is 2.13. The molecule has 21 heavy (non-hydrogen) atoms. The van der Waals surface area contributed by atoms with Gasteiger partial charge in [-0.1, -0.05) is 52.0 Å². The lowest BCUT2D eigenvalue weighted by Crippen LogP contribution is -2.04. The first-order valence-electron chi connectivity index (χ1n) is 8.81. The van der Waals surface area contributed by atoms with Crippen LogP contribution >= 0.6 is 0 Å². The third kappa shape index (κ3) is 10.6. The second-order valence-electron chi connectivity index (χ2n) is 7.39. The lowest BCUT2D eigenvalue weighted by Gasteiger charge is -2.12. The second kappa shape index (κ2) is 10.0. The predicted octanol–water partition coefficient (Wildman–Crippen LogP) is 5.52. The first-order chi connectivity index (χ1) is 9.97. The Labute approximate surface area is 131 Å². The van der Waals surface area contributed by atoms with E-state index in [0.29, 0.717) is 12.5 Å². The molecule has 2 heteroatoms. The van der Waals surface area contributed by atoms with Crippen molar-refractivity contribution < 1.29 is 9.53 Å². The molecule has 0 aromatic carbocycles. The van der Waals surface area contributed by atoms with Crippen molar-refractivity contribution in [2.24, 2.45) is 17.8 Å². The third-order valence-corrected chi connectivity index (χ3v) is 4.27. The zero-order chi connectivity index (χ0) is 15.7. The van der Waals surface area contributed by atoms with Gasteiger partial charge in [0.15, 0.2) is 0 Å². The van der Waals surface area contributed by atoms with Gasteiger partial charge in [0, 0.05) is 6.08 Å². The van der Waals surface area contributed by atoms with Gasteiger partial charge < -0.3 is 4.74 Å². The molecule has 2 nitrogen and oxygen atoms in total. The Balaban J connectivity index is 2.05. The number of carbonyl (C=O) groups excluding carboxylic acids is 1. The van der Waals surface area contributed by atoms with Crippen molar-refractivity contribution in [3.8, 4) is 0 Å². The largest absolute Gasteiger partial charge is 0.462 e. The van der Waals surface area contributed by atoms with Crippen molar-refractivity contribution in [3.05, 3.63) is 11.6 Å². The molecule has 1 aliphatic rings. The lowest BCUT2D eigenvalue weighted by molar-refractivity contribution is -0.138. The van der Waals surface area contributed by atoms with Crippen LogP contribution in [0.15, 0.2) is 11.6 Å². The highest BCUT2D eigenvalue weighted by atomic mass is 16.5. The van der Waals surface area contributed by atoms with Gasteiger partial charge in [-0.25, -0.2) is 4.79 Å². The summed E-state index contributed by atoms with van der Waals surface area (Å²) >= 11 is 0.